The zero-order valence-corrected chi connectivity index (χ0v) is 15.5. The molecule has 144 valence electrons. The zero-order chi connectivity index (χ0) is 19.0. The van der Waals surface area contributed by atoms with E-state index in [1.165, 1.54) is 12.1 Å². The molecule has 2 saturated heterocycles. The third kappa shape index (κ3) is 3.29. The van der Waals surface area contributed by atoms with Gasteiger partial charge in [0.15, 0.2) is 0 Å². The highest BCUT2D eigenvalue weighted by Gasteiger charge is 2.50. The molecule has 1 amide bonds. The number of aliphatic hydroxyl groups excluding tert-OH is 1. The fourth-order valence-electron chi connectivity index (χ4n) is 5.09. The Morgan fingerprint density at radius 3 is 2.67 bits per heavy atom. The summed E-state index contributed by atoms with van der Waals surface area (Å²) in [6.07, 6.45) is 5.74. The van der Waals surface area contributed by atoms with Crippen molar-refractivity contribution in [2.24, 2.45) is 5.41 Å². The van der Waals surface area contributed by atoms with Crippen molar-refractivity contribution in [3.8, 4) is 6.07 Å². The maximum absolute atomic E-state index is 14.0. The summed E-state index contributed by atoms with van der Waals surface area (Å²) >= 11 is 0. The van der Waals surface area contributed by atoms with E-state index in [-0.39, 0.29) is 29.0 Å². The maximum Gasteiger partial charge on any atom is 0.230 e. The summed E-state index contributed by atoms with van der Waals surface area (Å²) in [4.78, 5) is 17.5. The van der Waals surface area contributed by atoms with E-state index in [0.717, 1.165) is 63.7 Å². The van der Waals surface area contributed by atoms with Gasteiger partial charge in [-0.25, -0.2) is 4.39 Å². The molecule has 4 rings (SSSR count). The molecule has 1 aromatic carbocycles. The first-order chi connectivity index (χ1) is 13.0. The van der Waals surface area contributed by atoms with Crippen molar-refractivity contribution < 1.29 is 14.3 Å². The number of halogens is 1. The molecule has 27 heavy (non-hydrogen) atoms. The average Bonchev–Trinajstić information content (AvgIpc) is 2.98. The molecule has 1 N–H and O–H groups in total. The fraction of sp³-hybridized carbons (Fsp3) is 0.619. The number of amides is 1. The van der Waals surface area contributed by atoms with Crippen LogP contribution in [0.1, 0.15) is 50.5 Å². The molecule has 0 unspecified atom stereocenters. The first-order valence-electron chi connectivity index (χ1n) is 9.96. The van der Waals surface area contributed by atoms with Crippen LogP contribution in [-0.4, -0.2) is 47.7 Å². The topological polar surface area (TPSA) is 67.6 Å². The Balaban J connectivity index is 1.50. The molecule has 0 radical (unpaired) electrons. The lowest BCUT2D eigenvalue weighted by molar-refractivity contribution is -0.139. The van der Waals surface area contributed by atoms with Crippen molar-refractivity contribution in [1.82, 2.24) is 4.90 Å². The van der Waals surface area contributed by atoms with Gasteiger partial charge in [-0.15, -0.1) is 0 Å². The molecular weight excluding hydrogens is 345 g/mol. The van der Waals surface area contributed by atoms with E-state index in [1.54, 1.807) is 6.07 Å². The van der Waals surface area contributed by atoms with Gasteiger partial charge in [0.25, 0.3) is 0 Å². The van der Waals surface area contributed by atoms with Gasteiger partial charge in [0.05, 0.1) is 17.1 Å². The van der Waals surface area contributed by atoms with Crippen molar-refractivity contribution in [3.05, 3.63) is 29.6 Å². The SMILES string of the molecule is N#Cc1ccc(N2CCC[C@@]3(CCN([C@H]4CC[C@@H](O)CC4)C3=O)C2)cc1F. The first-order valence-corrected chi connectivity index (χ1v) is 9.96. The van der Waals surface area contributed by atoms with E-state index < -0.39 is 5.82 Å². The summed E-state index contributed by atoms with van der Waals surface area (Å²) in [6.45, 7) is 2.20. The fourth-order valence-corrected chi connectivity index (χ4v) is 5.09. The third-order valence-corrected chi connectivity index (χ3v) is 6.67. The van der Waals surface area contributed by atoms with E-state index in [2.05, 4.69) is 9.80 Å². The molecule has 2 heterocycles. The summed E-state index contributed by atoms with van der Waals surface area (Å²) in [5.74, 6) is -0.266. The predicted octanol–water partition coefficient (Wildman–Crippen LogP) is 2.82. The first kappa shape index (κ1) is 18.2. The van der Waals surface area contributed by atoms with Crippen LogP contribution in [0.3, 0.4) is 0 Å². The van der Waals surface area contributed by atoms with Gasteiger partial charge < -0.3 is 14.9 Å². The molecule has 0 bridgehead atoms. The number of nitriles is 1. The van der Waals surface area contributed by atoms with Crippen LogP contribution < -0.4 is 4.90 Å². The van der Waals surface area contributed by atoms with Crippen LogP contribution in [-0.2, 0) is 4.79 Å². The lowest BCUT2D eigenvalue weighted by atomic mass is 9.78. The molecular formula is C21H26FN3O2. The number of benzene rings is 1. The number of hydrogen-bond donors (Lipinski definition) is 1. The van der Waals surface area contributed by atoms with Crippen LogP contribution in [0, 0.1) is 22.6 Å². The van der Waals surface area contributed by atoms with Crippen LogP contribution >= 0.6 is 0 Å². The van der Waals surface area contributed by atoms with Gasteiger partial charge in [0, 0.05) is 31.4 Å². The van der Waals surface area contributed by atoms with Crippen LogP contribution in [0.2, 0.25) is 0 Å². The highest BCUT2D eigenvalue weighted by atomic mass is 19.1. The Hall–Kier alpha value is -2.13. The van der Waals surface area contributed by atoms with Gasteiger partial charge in [-0.1, -0.05) is 0 Å². The maximum atomic E-state index is 14.0. The minimum absolute atomic E-state index is 0.0491. The van der Waals surface area contributed by atoms with Crippen LogP contribution in [0.25, 0.3) is 0 Å². The molecule has 1 aliphatic carbocycles. The summed E-state index contributed by atoms with van der Waals surface area (Å²) in [5, 5.41) is 18.7. The van der Waals surface area contributed by atoms with Gasteiger partial charge in [0.2, 0.25) is 5.91 Å². The lowest BCUT2D eigenvalue weighted by Crippen LogP contribution is -2.50. The van der Waals surface area contributed by atoms with Gasteiger partial charge >= 0.3 is 0 Å². The smallest absolute Gasteiger partial charge is 0.230 e. The number of nitrogens with zero attached hydrogens (tertiary/aromatic N) is 3. The highest BCUT2D eigenvalue weighted by molar-refractivity contribution is 5.86. The molecule has 1 spiro atoms. The third-order valence-electron chi connectivity index (χ3n) is 6.67. The van der Waals surface area contributed by atoms with Crippen molar-refractivity contribution in [3.63, 3.8) is 0 Å². The van der Waals surface area contributed by atoms with E-state index in [1.807, 2.05) is 6.07 Å². The zero-order valence-electron chi connectivity index (χ0n) is 15.5. The minimum Gasteiger partial charge on any atom is -0.393 e. The molecule has 5 nitrogen and oxygen atoms in total. The Morgan fingerprint density at radius 1 is 1.19 bits per heavy atom. The van der Waals surface area contributed by atoms with Gasteiger partial charge in [-0.3, -0.25) is 4.79 Å². The Morgan fingerprint density at radius 2 is 1.96 bits per heavy atom. The second-order valence-electron chi connectivity index (χ2n) is 8.29. The number of piperidine rings is 1. The molecule has 1 aromatic rings. The number of likely N-dealkylation sites (tertiary alicyclic amines) is 1. The Labute approximate surface area is 159 Å². The van der Waals surface area contributed by atoms with E-state index >= 15 is 0 Å². The number of carbonyl (C=O) groups excluding carboxylic acids is 1. The highest BCUT2D eigenvalue weighted by Crippen LogP contribution is 2.43. The Bertz CT molecular complexity index is 769. The number of carbonyl (C=O) groups is 1. The molecule has 3 fully saturated rings. The van der Waals surface area contributed by atoms with Crippen LogP contribution in [0.15, 0.2) is 18.2 Å². The van der Waals surface area contributed by atoms with E-state index in [4.69, 9.17) is 5.26 Å². The Kier molecular flexibility index (Phi) is 4.81. The summed E-state index contributed by atoms with van der Waals surface area (Å²) in [7, 11) is 0. The molecule has 0 aromatic heterocycles. The number of aliphatic hydroxyl groups is 1. The minimum atomic E-state index is -0.505. The molecule has 1 saturated carbocycles. The van der Waals surface area contributed by atoms with Gasteiger partial charge in [0.1, 0.15) is 11.9 Å². The second-order valence-corrected chi connectivity index (χ2v) is 8.29. The quantitative estimate of drug-likeness (QED) is 0.868. The number of hydrogen-bond acceptors (Lipinski definition) is 4. The second kappa shape index (κ2) is 7.12. The molecule has 1 atom stereocenters. The van der Waals surface area contributed by atoms with Crippen LogP contribution in [0.5, 0.6) is 0 Å². The van der Waals surface area contributed by atoms with E-state index in [9.17, 15) is 14.3 Å². The lowest BCUT2D eigenvalue weighted by Gasteiger charge is -2.41. The average molecular weight is 371 g/mol. The summed E-state index contributed by atoms with van der Waals surface area (Å²) < 4.78 is 14.0. The summed E-state index contributed by atoms with van der Waals surface area (Å²) in [6, 6.07) is 6.82. The molecule has 2 aliphatic heterocycles. The van der Waals surface area contributed by atoms with Crippen LogP contribution in [0.4, 0.5) is 10.1 Å². The normalized spacial score (nSPS) is 31.4. The van der Waals surface area contributed by atoms with Crippen molar-refractivity contribution in [2.45, 2.75) is 57.1 Å². The molecule has 3 aliphatic rings. The van der Waals surface area contributed by atoms with Crippen molar-refractivity contribution in [1.29, 1.82) is 5.26 Å². The standard InChI is InChI=1S/C21H26FN3O2/c22-19-12-17(3-2-15(19)13-23)24-10-1-8-21(14-24)9-11-25(20(21)27)16-4-6-18(26)7-5-16/h2-3,12,16,18,26H,1,4-11,14H2/t16-,18+,21-/m1/s1. The van der Waals surface area contributed by atoms with Gasteiger partial charge in [-0.2, -0.15) is 5.26 Å². The van der Waals surface area contributed by atoms with Crippen molar-refractivity contribution >= 4 is 11.6 Å². The van der Waals surface area contributed by atoms with Crippen molar-refractivity contribution in [2.75, 3.05) is 24.5 Å². The van der Waals surface area contributed by atoms with E-state index in [0.29, 0.717) is 6.54 Å². The summed E-state index contributed by atoms with van der Waals surface area (Å²) in [5.41, 5.74) is 0.421. The molecule has 6 heteroatoms. The number of rotatable bonds is 2. The monoisotopic (exact) mass is 371 g/mol. The predicted molar refractivity (Wildman–Crippen MR) is 99.6 cm³/mol. The van der Waals surface area contributed by atoms with Gasteiger partial charge in [-0.05, 0) is 63.1 Å². The number of anilines is 1. The largest absolute Gasteiger partial charge is 0.393 e.